The Kier molecular flexibility index (Phi) is 5.56. The van der Waals surface area contributed by atoms with Gasteiger partial charge >= 0.3 is 0 Å². The molecule has 3 nitrogen and oxygen atoms in total. The van der Waals surface area contributed by atoms with E-state index in [-0.39, 0.29) is 23.4 Å². The molecule has 0 radical (unpaired) electrons. The van der Waals surface area contributed by atoms with Gasteiger partial charge in [-0.25, -0.2) is 0 Å². The molecular weight excluding hydrogens is 304 g/mol. The lowest BCUT2D eigenvalue weighted by Crippen LogP contribution is -2.40. The molecule has 19 heavy (non-hydrogen) atoms. The van der Waals surface area contributed by atoms with Gasteiger partial charge in [0.15, 0.2) is 0 Å². The van der Waals surface area contributed by atoms with Crippen LogP contribution in [0.5, 0.6) is 0 Å². The highest BCUT2D eigenvalue weighted by atomic mass is 79.9. The zero-order valence-electron chi connectivity index (χ0n) is 12.0. The fraction of sp³-hybridized carbons (Fsp3) is 0.533. The Balaban J connectivity index is 2.58. The van der Waals surface area contributed by atoms with E-state index in [0.717, 1.165) is 10.0 Å². The maximum atomic E-state index is 12.0. The molecule has 0 saturated heterocycles. The number of carbonyl (C=O) groups is 1. The van der Waals surface area contributed by atoms with E-state index in [4.69, 9.17) is 5.73 Å². The second-order valence-corrected chi connectivity index (χ2v) is 6.94. The summed E-state index contributed by atoms with van der Waals surface area (Å²) in [4.78, 5) is 12.0. The molecule has 1 aromatic rings. The monoisotopic (exact) mass is 326 g/mol. The molecule has 0 saturated carbocycles. The van der Waals surface area contributed by atoms with Crippen LogP contribution in [0.2, 0.25) is 0 Å². The zero-order valence-corrected chi connectivity index (χ0v) is 13.6. The highest BCUT2D eigenvalue weighted by Crippen LogP contribution is 2.21. The molecule has 3 N–H and O–H groups in total. The van der Waals surface area contributed by atoms with Crippen LogP contribution in [0.25, 0.3) is 0 Å². The molecule has 106 valence electrons. The van der Waals surface area contributed by atoms with E-state index in [2.05, 4.69) is 21.2 Å². The van der Waals surface area contributed by atoms with E-state index >= 15 is 0 Å². The summed E-state index contributed by atoms with van der Waals surface area (Å²) < 4.78 is 1.01. The van der Waals surface area contributed by atoms with Gasteiger partial charge in [-0.3, -0.25) is 4.79 Å². The number of amides is 1. The third kappa shape index (κ3) is 5.33. The molecular formula is C15H23BrN2O. The number of rotatable bonds is 4. The van der Waals surface area contributed by atoms with Gasteiger partial charge in [-0.05, 0) is 30.0 Å². The Bertz CT molecular complexity index is 440. The van der Waals surface area contributed by atoms with E-state index in [1.807, 2.05) is 52.0 Å². The van der Waals surface area contributed by atoms with Gasteiger partial charge in [-0.1, -0.05) is 48.8 Å². The summed E-state index contributed by atoms with van der Waals surface area (Å²) >= 11 is 3.43. The van der Waals surface area contributed by atoms with Gasteiger partial charge in [0.05, 0.1) is 6.04 Å². The van der Waals surface area contributed by atoms with Crippen molar-refractivity contribution in [1.29, 1.82) is 0 Å². The molecule has 0 aromatic heterocycles. The van der Waals surface area contributed by atoms with E-state index in [9.17, 15) is 4.79 Å². The maximum Gasteiger partial charge on any atom is 0.222 e. The van der Waals surface area contributed by atoms with Crippen LogP contribution >= 0.6 is 15.9 Å². The zero-order chi connectivity index (χ0) is 14.6. The van der Waals surface area contributed by atoms with Gasteiger partial charge in [-0.2, -0.15) is 0 Å². The summed E-state index contributed by atoms with van der Waals surface area (Å²) in [5.74, 6) is -0.00472. The first-order valence-electron chi connectivity index (χ1n) is 6.50. The first kappa shape index (κ1) is 16.2. The van der Waals surface area contributed by atoms with Crippen LogP contribution < -0.4 is 11.1 Å². The molecule has 0 aliphatic heterocycles. The average molecular weight is 327 g/mol. The number of nitrogens with one attached hydrogen (secondary N) is 1. The topological polar surface area (TPSA) is 55.1 Å². The second kappa shape index (κ2) is 6.53. The predicted molar refractivity (Wildman–Crippen MR) is 82.7 cm³/mol. The van der Waals surface area contributed by atoms with E-state index in [1.165, 1.54) is 0 Å². The van der Waals surface area contributed by atoms with Crippen molar-refractivity contribution in [2.75, 3.05) is 0 Å². The van der Waals surface area contributed by atoms with Crippen molar-refractivity contribution in [3.63, 3.8) is 0 Å². The summed E-state index contributed by atoms with van der Waals surface area (Å²) in [6.45, 7) is 8.11. The highest BCUT2D eigenvalue weighted by molar-refractivity contribution is 9.10. The molecule has 2 atom stereocenters. The van der Waals surface area contributed by atoms with Crippen LogP contribution in [-0.2, 0) is 4.79 Å². The Morgan fingerprint density at radius 2 is 2.05 bits per heavy atom. The Hall–Kier alpha value is -0.870. The lowest BCUT2D eigenvalue weighted by Gasteiger charge is -2.27. The first-order chi connectivity index (χ1) is 8.70. The Labute approximate surface area is 124 Å². The maximum absolute atomic E-state index is 12.0. The van der Waals surface area contributed by atoms with Gasteiger partial charge in [0.2, 0.25) is 5.91 Å². The van der Waals surface area contributed by atoms with Crippen LogP contribution in [0.1, 0.15) is 45.7 Å². The number of halogens is 1. The summed E-state index contributed by atoms with van der Waals surface area (Å²) in [6, 6.07) is 7.78. The van der Waals surface area contributed by atoms with Crippen LogP contribution in [0.3, 0.4) is 0 Å². The number of nitrogens with two attached hydrogens (primary N) is 1. The second-order valence-electron chi connectivity index (χ2n) is 6.02. The van der Waals surface area contributed by atoms with Gasteiger partial charge in [-0.15, -0.1) is 0 Å². The van der Waals surface area contributed by atoms with Crippen molar-refractivity contribution in [1.82, 2.24) is 5.32 Å². The third-order valence-corrected chi connectivity index (χ3v) is 3.74. The van der Waals surface area contributed by atoms with Crippen molar-refractivity contribution in [2.45, 2.75) is 46.2 Å². The largest absolute Gasteiger partial charge is 0.350 e. The molecule has 0 aliphatic rings. The fourth-order valence-corrected chi connectivity index (χ4v) is 2.08. The highest BCUT2D eigenvalue weighted by Gasteiger charge is 2.23. The summed E-state index contributed by atoms with van der Waals surface area (Å²) in [6.07, 6.45) is 0.349. The first-order valence-corrected chi connectivity index (χ1v) is 7.30. The van der Waals surface area contributed by atoms with Crippen LogP contribution in [0.4, 0.5) is 0 Å². The van der Waals surface area contributed by atoms with Crippen LogP contribution in [-0.4, -0.2) is 11.9 Å². The molecule has 1 unspecified atom stereocenters. The number of hydrogen-bond acceptors (Lipinski definition) is 2. The van der Waals surface area contributed by atoms with Crippen molar-refractivity contribution >= 4 is 21.8 Å². The fourth-order valence-electron chi connectivity index (χ4n) is 1.67. The van der Waals surface area contributed by atoms with Crippen molar-refractivity contribution in [3.05, 3.63) is 34.3 Å². The van der Waals surface area contributed by atoms with E-state index in [1.54, 1.807) is 0 Å². The summed E-state index contributed by atoms with van der Waals surface area (Å²) in [5.41, 5.74) is 7.04. The van der Waals surface area contributed by atoms with Crippen LogP contribution in [0.15, 0.2) is 28.7 Å². The standard InChI is InChI=1S/C15H23BrN2O/c1-10(11-6-5-7-12(16)8-11)18-14(19)9-13(17)15(2,3)4/h5-8,10,13H,9,17H2,1-4H3,(H,18,19)/t10-,13?/m1/s1. The van der Waals surface area contributed by atoms with Crippen molar-refractivity contribution < 1.29 is 4.79 Å². The number of hydrogen-bond donors (Lipinski definition) is 2. The normalized spacial score (nSPS) is 14.8. The van der Waals surface area contributed by atoms with Gasteiger partial charge in [0.1, 0.15) is 0 Å². The van der Waals surface area contributed by atoms with Gasteiger partial charge < -0.3 is 11.1 Å². The molecule has 4 heteroatoms. The summed E-state index contributed by atoms with van der Waals surface area (Å²) in [7, 11) is 0. The lowest BCUT2D eigenvalue weighted by atomic mass is 9.85. The Morgan fingerprint density at radius 1 is 1.42 bits per heavy atom. The minimum atomic E-state index is -0.137. The molecule has 1 aromatic carbocycles. The quantitative estimate of drug-likeness (QED) is 0.891. The van der Waals surface area contributed by atoms with Gasteiger partial charge in [0.25, 0.3) is 0 Å². The SMILES string of the molecule is C[C@@H](NC(=O)CC(N)C(C)(C)C)c1cccc(Br)c1. The predicted octanol–water partition coefficient (Wildman–Crippen LogP) is 3.39. The number of carbonyl (C=O) groups excluding carboxylic acids is 1. The Morgan fingerprint density at radius 3 is 2.58 bits per heavy atom. The van der Waals surface area contributed by atoms with E-state index in [0.29, 0.717) is 6.42 Å². The smallest absolute Gasteiger partial charge is 0.222 e. The van der Waals surface area contributed by atoms with E-state index < -0.39 is 0 Å². The minimum absolute atomic E-state index is 0.00472. The molecule has 1 amide bonds. The molecule has 0 bridgehead atoms. The molecule has 0 fully saturated rings. The third-order valence-electron chi connectivity index (χ3n) is 3.24. The van der Waals surface area contributed by atoms with Crippen molar-refractivity contribution in [3.8, 4) is 0 Å². The number of benzene rings is 1. The molecule has 1 rings (SSSR count). The molecule has 0 spiro atoms. The molecule has 0 heterocycles. The minimum Gasteiger partial charge on any atom is -0.350 e. The lowest BCUT2D eigenvalue weighted by molar-refractivity contribution is -0.122. The average Bonchev–Trinajstić information content (AvgIpc) is 2.27. The van der Waals surface area contributed by atoms with Crippen LogP contribution in [0, 0.1) is 5.41 Å². The molecule has 0 aliphatic carbocycles. The van der Waals surface area contributed by atoms with Crippen molar-refractivity contribution in [2.24, 2.45) is 11.1 Å². The van der Waals surface area contributed by atoms with Gasteiger partial charge in [0, 0.05) is 16.9 Å². The summed E-state index contributed by atoms with van der Waals surface area (Å²) in [5, 5.41) is 2.99.